The van der Waals surface area contributed by atoms with E-state index >= 15 is 0 Å². The number of nitrogens with zero attached hydrogens (tertiary/aromatic N) is 4. The van der Waals surface area contributed by atoms with Crippen molar-refractivity contribution in [2.45, 2.75) is 32.4 Å². The summed E-state index contributed by atoms with van der Waals surface area (Å²) in [5.41, 5.74) is 0.780. The summed E-state index contributed by atoms with van der Waals surface area (Å²) < 4.78 is 0. The number of halogens is 2. The van der Waals surface area contributed by atoms with Crippen LogP contribution in [0, 0.1) is 0 Å². The van der Waals surface area contributed by atoms with Gasteiger partial charge in [0.15, 0.2) is 0 Å². The van der Waals surface area contributed by atoms with Gasteiger partial charge in [0.1, 0.15) is 0 Å². The highest BCUT2D eigenvalue weighted by atomic mass is 35.5. The normalized spacial score (nSPS) is 20.0. The van der Waals surface area contributed by atoms with Gasteiger partial charge in [0.05, 0.1) is 16.1 Å². The van der Waals surface area contributed by atoms with Crippen molar-refractivity contribution >= 4 is 41.1 Å². The number of rotatable bonds is 7. The summed E-state index contributed by atoms with van der Waals surface area (Å²) in [6.45, 7) is 10.3. The van der Waals surface area contributed by atoms with Gasteiger partial charge < -0.3 is 14.9 Å². The molecule has 33 heavy (non-hydrogen) atoms. The number of amides is 2. The number of piperazine rings is 1. The molecular formula is C24H34Cl2N4O3. The summed E-state index contributed by atoms with van der Waals surface area (Å²) in [5, 5.41) is 11.5. The predicted molar refractivity (Wildman–Crippen MR) is 132 cm³/mol. The molecule has 1 atom stereocenters. The van der Waals surface area contributed by atoms with Crippen LogP contribution in [0.3, 0.4) is 0 Å². The Labute approximate surface area is 206 Å². The fourth-order valence-corrected chi connectivity index (χ4v) is 4.55. The topological polar surface area (TPSA) is 67.3 Å². The van der Waals surface area contributed by atoms with Gasteiger partial charge in [-0.05, 0) is 37.6 Å². The molecule has 2 aliphatic rings. The lowest BCUT2D eigenvalue weighted by Crippen LogP contribution is -2.52. The number of hydrogen-bond acceptors (Lipinski definition) is 5. The van der Waals surface area contributed by atoms with Crippen LogP contribution in [0.25, 0.3) is 6.08 Å². The summed E-state index contributed by atoms with van der Waals surface area (Å²) in [6.07, 6.45) is 2.84. The van der Waals surface area contributed by atoms with Crippen molar-refractivity contribution in [3.05, 3.63) is 39.9 Å². The van der Waals surface area contributed by atoms with E-state index in [0.717, 1.165) is 31.7 Å². The number of β-amino-alcohol motifs (C(OH)–C–C–N with tert-alkyl or cyclic N) is 1. The van der Waals surface area contributed by atoms with Crippen molar-refractivity contribution in [1.82, 2.24) is 19.6 Å². The smallest absolute Gasteiger partial charge is 0.246 e. The third kappa shape index (κ3) is 7.69. The molecule has 2 saturated heterocycles. The fourth-order valence-electron chi connectivity index (χ4n) is 4.24. The van der Waals surface area contributed by atoms with Crippen molar-refractivity contribution < 1.29 is 14.7 Å². The van der Waals surface area contributed by atoms with Gasteiger partial charge in [-0.1, -0.05) is 29.3 Å². The molecule has 2 aliphatic heterocycles. The first kappa shape index (κ1) is 26.0. The highest BCUT2D eigenvalue weighted by molar-refractivity contribution is 6.42. The van der Waals surface area contributed by atoms with Gasteiger partial charge in [-0.25, -0.2) is 0 Å². The van der Waals surface area contributed by atoms with E-state index in [4.69, 9.17) is 23.2 Å². The first-order valence-corrected chi connectivity index (χ1v) is 12.3. The van der Waals surface area contributed by atoms with E-state index in [-0.39, 0.29) is 18.2 Å². The number of aliphatic hydroxyl groups excluding tert-OH is 1. The van der Waals surface area contributed by atoms with Crippen molar-refractivity contribution in [2.24, 2.45) is 0 Å². The summed E-state index contributed by atoms with van der Waals surface area (Å²) in [6, 6.07) is 5.71. The number of aliphatic hydroxyl groups is 1. The van der Waals surface area contributed by atoms with Crippen LogP contribution in [0.1, 0.15) is 25.8 Å². The zero-order valence-electron chi connectivity index (χ0n) is 19.4. The van der Waals surface area contributed by atoms with Crippen LogP contribution < -0.4 is 0 Å². The monoisotopic (exact) mass is 496 g/mol. The second-order valence-corrected chi connectivity index (χ2v) is 9.82. The molecule has 1 N–H and O–H groups in total. The summed E-state index contributed by atoms with van der Waals surface area (Å²) in [4.78, 5) is 33.3. The van der Waals surface area contributed by atoms with Gasteiger partial charge in [-0.2, -0.15) is 0 Å². The van der Waals surface area contributed by atoms with Crippen molar-refractivity contribution in [1.29, 1.82) is 0 Å². The van der Waals surface area contributed by atoms with Gasteiger partial charge in [0.25, 0.3) is 0 Å². The second kappa shape index (κ2) is 12.2. The Morgan fingerprint density at radius 1 is 1.03 bits per heavy atom. The van der Waals surface area contributed by atoms with Crippen LogP contribution in [0.5, 0.6) is 0 Å². The van der Waals surface area contributed by atoms with Crippen LogP contribution in [0.2, 0.25) is 10.0 Å². The molecule has 9 heteroatoms. The number of benzene rings is 1. The van der Waals surface area contributed by atoms with E-state index in [0.29, 0.717) is 48.8 Å². The molecule has 182 valence electrons. The fraction of sp³-hybridized carbons (Fsp3) is 0.583. The van der Waals surface area contributed by atoms with Crippen LogP contribution in [0.15, 0.2) is 24.3 Å². The molecule has 1 aromatic rings. The minimum absolute atomic E-state index is 0.0255. The first-order chi connectivity index (χ1) is 15.7. The van der Waals surface area contributed by atoms with Crippen molar-refractivity contribution in [3.63, 3.8) is 0 Å². The molecule has 0 spiro atoms. The lowest BCUT2D eigenvalue weighted by molar-refractivity contribution is -0.132. The molecule has 0 aromatic heterocycles. The number of carbonyl (C=O) groups excluding carboxylic acids is 2. The predicted octanol–water partition coefficient (Wildman–Crippen LogP) is 2.45. The molecule has 7 nitrogen and oxygen atoms in total. The van der Waals surface area contributed by atoms with Crippen molar-refractivity contribution in [3.8, 4) is 0 Å². The van der Waals surface area contributed by atoms with Gasteiger partial charge >= 0.3 is 0 Å². The van der Waals surface area contributed by atoms with E-state index in [1.54, 1.807) is 34.1 Å². The van der Waals surface area contributed by atoms with E-state index in [2.05, 4.69) is 23.6 Å². The lowest BCUT2D eigenvalue weighted by Gasteiger charge is -2.38. The summed E-state index contributed by atoms with van der Waals surface area (Å²) >= 11 is 12.0. The molecule has 0 saturated carbocycles. The van der Waals surface area contributed by atoms with Gasteiger partial charge in [-0.3, -0.25) is 19.4 Å². The molecule has 0 bridgehead atoms. The van der Waals surface area contributed by atoms with E-state index in [1.165, 1.54) is 6.08 Å². The molecule has 0 radical (unpaired) electrons. The van der Waals surface area contributed by atoms with Gasteiger partial charge in [0.2, 0.25) is 11.8 Å². The SMILES string of the molecule is CC(C)N1CCN(CC(O)CN2CCN(C(=O)/C=C/c3ccc(Cl)c(Cl)c3)CCC2=O)CC1. The highest BCUT2D eigenvalue weighted by Gasteiger charge is 2.26. The Balaban J connectivity index is 1.47. The third-order valence-electron chi connectivity index (χ3n) is 6.30. The first-order valence-electron chi connectivity index (χ1n) is 11.6. The van der Waals surface area contributed by atoms with E-state index in [1.807, 2.05) is 0 Å². The second-order valence-electron chi connectivity index (χ2n) is 9.01. The zero-order chi connectivity index (χ0) is 24.0. The highest BCUT2D eigenvalue weighted by Crippen LogP contribution is 2.23. The van der Waals surface area contributed by atoms with Crippen LogP contribution in [0.4, 0.5) is 0 Å². The molecule has 0 aliphatic carbocycles. The molecule has 1 aromatic carbocycles. The molecule has 2 heterocycles. The van der Waals surface area contributed by atoms with E-state index < -0.39 is 6.10 Å². The van der Waals surface area contributed by atoms with Crippen LogP contribution >= 0.6 is 23.2 Å². The quantitative estimate of drug-likeness (QED) is 0.587. The third-order valence-corrected chi connectivity index (χ3v) is 7.04. The van der Waals surface area contributed by atoms with Gasteiger partial charge in [-0.15, -0.1) is 0 Å². The van der Waals surface area contributed by atoms with E-state index in [9.17, 15) is 14.7 Å². The maximum Gasteiger partial charge on any atom is 0.246 e. The Kier molecular flexibility index (Phi) is 9.58. The Morgan fingerprint density at radius 2 is 1.76 bits per heavy atom. The molecule has 2 fully saturated rings. The minimum atomic E-state index is -0.601. The maximum atomic E-state index is 12.6. The Hall–Kier alpha value is -1.64. The Bertz CT molecular complexity index is 856. The van der Waals surface area contributed by atoms with Crippen LogP contribution in [-0.4, -0.2) is 108 Å². The lowest BCUT2D eigenvalue weighted by atomic mass is 10.2. The standard InChI is InChI=1S/C24H34Cl2N4O3/c1-18(2)28-11-9-27(10-12-28)16-20(31)17-30-14-13-29(8-7-24(30)33)23(32)6-4-19-3-5-21(25)22(26)15-19/h3-6,15,18,20,31H,7-14,16-17H2,1-2H3/b6-4+. The molecule has 2 amide bonds. The average molecular weight is 497 g/mol. The number of carbonyl (C=O) groups is 2. The number of hydrogen-bond donors (Lipinski definition) is 1. The maximum absolute atomic E-state index is 12.6. The minimum Gasteiger partial charge on any atom is -0.390 e. The van der Waals surface area contributed by atoms with Gasteiger partial charge in [0, 0.05) is 77.4 Å². The summed E-state index contributed by atoms with van der Waals surface area (Å²) in [5.74, 6) is -0.179. The molecular weight excluding hydrogens is 463 g/mol. The Morgan fingerprint density at radius 3 is 2.42 bits per heavy atom. The largest absolute Gasteiger partial charge is 0.390 e. The van der Waals surface area contributed by atoms with Crippen molar-refractivity contribution in [2.75, 3.05) is 58.9 Å². The molecule has 1 unspecified atom stereocenters. The molecule has 3 rings (SSSR count). The van der Waals surface area contributed by atoms with Crippen LogP contribution in [-0.2, 0) is 9.59 Å². The zero-order valence-corrected chi connectivity index (χ0v) is 20.9. The average Bonchev–Trinajstić information content (AvgIpc) is 2.96. The summed E-state index contributed by atoms with van der Waals surface area (Å²) in [7, 11) is 0.